The maximum Gasteiger partial charge on any atom is 0.106 e. The van der Waals surface area contributed by atoms with Gasteiger partial charge in [-0.05, 0) is 44.1 Å². The monoisotopic (exact) mass is 328 g/mol. The number of halogens is 1. The van der Waals surface area contributed by atoms with Crippen LogP contribution in [0.5, 0.6) is 0 Å². The van der Waals surface area contributed by atoms with E-state index in [-0.39, 0.29) is 0 Å². The van der Waals surface area contributed by atoms with Gasteiger partial charge in [-0.3, -0.25) is 0 Å². The van der Waals surface area contributed by atoms with E-state index in [0.29, 0.717) is 12.0 Å². The summed E-state index contributed by atoms with van der Waals surface area (Å²) < 4.78 is 0. The van der Waals surface area contributed by atoms with Gasteiger partial charge in [-0.15, -0.1) is 0 Å². The zero-order valence-corrected chi connectivity index (χ0v) is 14.4. The predicted octanol–water partition coefficient (Wildman–Crippen LogP) is 5.86. The van der Waals surface area contributed by atoms with E-state index >= 15 is 0 Å². The Morgan fingerprint density at radius 2 is 1.87 bits per heavy atom. The van der Waals surface area contributed by atoms with Crippen molar-refractivity contribution >= 4 is 23.1 Å². The number of allylic oxidation sites excluding steroid dienone is 2. The first kappa shape index (κ1) is 15.3. The molecule has 1 aromatic carbocycles. The lowest BCUT2D eigenvalue weighted by molar-refractivity contribution is 0.288. The summed E-state index contributed by atoms with van der Waals surface area (Å²) in [4.78, 5) is 4.97. The van der Waals surface area contributed by atoms with Crippen molar-refractivity contribution in [2.24, 2.45) is 16.8 Å². The average molecular weight is 329 g/mol. The minimum atomic E-state index is 0.445. The minimum Gasteiger partial charge on any atom is -0.366 e. The molecule has 0 bridgehead atoms. The van der Waals surface area contributed by atoms with Gasteiger partial charge in [0.1, 0.15) is 5.84 Å². The second kappa shape index (κ2) is 6.68. The number of nitrogens with one attached hydrogen (secondary N) is 1. The van der Waals surface area contributed by atoms with Gasteiger partial charge in [-0.1, -0.05) is 55.1 Å². The third kappa shape index (κ3) is 3.19. The molecule has 1 fully saturated rings. The zero-order chi connectivity index (χ0) is 15.6. The lowest BCUT2D eigenvalue weighted by Gasteiger charge is -2.37. The van der Waals surface area contributed by atoms with Crippen LogP contribution >= 0.6 is 11.6 Å². The molecule has 3 aliphatic rings. The fraction of sp³-hybridized carbons (Fsp3) is 0.550. The molecule has 1 aliphatic heterocycles. The van der Waals surface area contributed by atoms with E-state index < -0.39 is 0 Å². The maximum atomic E-state index is 6.15. The first-order chi connectivity index (χ1) is 11.3. The molecule has 0 aromatic heterocycles. The highest BCUT2D eigenvalue weighted by Gasteiger charge is 2.32. The van der Waals surface area contributed by atoms with Crippen LogP contribution in [0.25, 0.3) is 0 Å². The second-order valence-corrected chi connectivity index (χ2v) is 7.68. The lowest BCUT2D eigenvalue weighted by Crippen LogP contribution is -2.40. The summed E-state index contributed by atoms with van der Waals surface area (Å²) in [7, 11) is 0. The van der Waals surface area contributed by atoms with Crippen molar-refractivity contribution in [1.29, 1.82) is 0 Å². The van der Waals surface area contributed by atoms with Crippen LogP contribution in [0.1, 0.15) is 63.0 Å². The van der Waals surface area contributed by atoms with Crippen LogP contribution in [0.15, 0.2) is 40.4 Å². The quantitative estimate of drug-likeness (QED) is 0.722. The summed E-state index contributed by atoms with van der Waals surface area (Å²) in [5, 5.41) is 4.86. The molecule has 122 valence electrons. The van der Waals surface area contributed by atoms with Crippen LogP contribution in [0.4, 0.5) is 5.69 Å². The molecule has 1 heterocycles. The first-order valence-electron chi connectivity index (χ1n) is 9.10. The molecule has 1 N–H and O–H groups in total. The number of hydrogen-bond donors (Lipinski definition) is 1. The van der Waals surface area contributed by atoms with Crippen LogP contribution in [0, 0.1) is 11.8 Å². The van der Waals surface area contributed by atoms with E-state index in [2.05, 4.69) is 35.7 Å². The fourth-order valence-electron chi connectivity index (χ4n) is 4.35. The number of para-hydroxylation sites is 1. The molecule has 23 heavy (non-hydrogen) atoms. The summed E-state index contributed by atoms with van der Waals surface area (Å²) >= 11 is 6.15. The molecule has 0 saturated heterocycles. The average Bonchev–Trinajstić information content (AvgIpc) is 2.62. The minimum absolute atomic E-state index is 0.445. The van der Waals surface area contributed by atoms with Gasteiger partial charge in [0.2, 0.25) is 0 Å². The van der Waals surface area contributed by atoms with Crippen LogP contribution in [0.3, 0.4) is 0 Å². The largest absolute Gasteiger partial charge is 0.366 e. The van der Waals surface area contributed by atoms with Crippen LogP contribution < -0.4 is 5.32 Å². The van der Waals surface area contributed by atoms with Crippen molar-refractivity contribution in [2.45, 2.75) is 57.4 Å². The maximum absolute atomic E-state index is 6.15. The molecule has 2 nitrogen and oxygen atoms in total. The van der Waals surface area contributed by atoms with Gasteiger partial charge < -0.3 is 5.32 Å². The molecule has 0 amide bonds. The smallest absolute Gasteiger partial charge is 0.106 e. The Kier molecular flexibility index (Phi) is 4.43. The Labute approximate surface area is 144 Å². The van der Waals surface area contributed by atoms with Crippen molar-refractivity contribution in [3.63, 3.8) is 0 Å². The molecule has 2 aliphatic carbocycles. The number of hydrogen-bond acceptors (Lipinski definition) is 2. The van der Waals surface area contributed by atoms with Gasteiger partial charge in [0.05, 0.1) is 11.7 Å². The molecule has 3 heteroatoms. The highest BCUT2D eigenvalue weighted by atomic mass is 35.5. The number of rotatable bonds is 2. The molecule has 0 spiro atoms. The number of aliphatic imine (C=N–C) groups is 1. The highest BCUT2D eigenvalue weighted by Crippen LogP contribution is 2.41. The number of fused-ring (bicyclic) bond motifs is 1. The van der Waals surface area contributed by atoms with Gasteiger partial charge >= 0.3 is 0 Å². The van der Waals surface area contributed by atoms with Gasteiger partial charge in [0.25, 0.3) is 0 Å². The molecule has 4 rings (SSSR count). The Bertz CT molecular complexity index is 628. The normalized spacial score (nSPS) is 28.4. The summed E-state index contributed by atoms with van der Waals surface area (Å²) in [5.74, 6) is 2.44. The van der Waals surface area contributed by atoms with Gasteiger partial charge in [-0.25, -0.2) is 4.99 Å². The second-order valence-electron chi connectivity index (χ2n) is 7.20. The molecular weight excluding hydrogens is 304 g/mol. The van der Waals surface area contributed by atoms with E-state index in [1.165, 1.54) is 49.2 Å². The SMILES string of the molecule is ClC1=CCC(C2=Nc3ccccc3C(C3CCCCC3)N2)CC1. The highest BCUT2D eigenvalue weighted by molar-refractivity contribution is 6.29. The molecule has 1 aromatic rings. The van der Waals surface area contributed by atoms with Gasteiger partial charge in [0.15, 0.2) is 0 Å². The number of benzene rings is 1. The summed E-state index contributed by atoms with van der Waals surface area (Å²) in [6.45, 7) is 0. The van der Waals surface area contributed by atoms with Gasteiger partial charge in [0, 0.05) is 16.5 Å². The molecule has 2 atom stereocenters. The third-order valence-electron chi connectivity index (χ3n) is 5.68. The number of amidine groups is 1. The van der Waals surface area contributed by atoms with Crippen molar-refractivity contribution < 1.29 is 0 Å². The first-order valence-corrected chi connectivity index (χ1v) is 9.47. The van der Waals surface area contributed by atoms with Crippen molar-refractivity contribution in [3.05, 3.63) is 40.9 Å². The van der Waals surface area contributed by atoms with E-state index in [9.17, 15) is 0 Å². The summed E-state index contributed by atoms with van der Waals surface area (Å²) in [6.07, 6.45) is 12.1. The Balaban J connectivity index is 1.63. The van der Waals surface area contributed by atoms with E-state index in [1.807, 2.05) is 0 Å². The fourth-order valence-corrected chi connectivity index (χ4v) is 4.55. The number of nitrogens with zero attached hydrogens (tertiary/aromatic N) is 1. The predicted molar refractivity (Wildman–Crippen MR) is 97.3 cm³/mol. The van der Waals surface area contributed by atoms with Crippen LogP contribution in [-0.4, -0.2) is 5.84 Å². The van der Waals surface area contributed by atoms with Crippen molar-refractivity contribution in [2.75, 3.05) is 0 Å². The summed E-state index contributed by atoms with van der Waals surface area (Å²) in [5.41, 5.74) is 2.57. The van der Waals surface area contributed by atoms with Crippen LogP contribution in [0.2, 0.25) is 0 Å². The Morgan fingerprint density at radius 3 is 2.65 bits per heavy atom. The standard InChI is InChI=1S/C20H25ClN2/c21-16-12-10-15(11-13-16)20-22-18-9-5-4-8-17(18)19(23-20)14-6-2-1-3-7-14/h4-5,8-9,12,14-15,19H,1-3,6-7,10-11,13H2,(H,22,23). The molecule has 1 saturated carbocycles. The van der Waals surface area contributed by atoms with Crippen LogP contribution in [-0.2, 0) is 0 Å². The summed E-state index contributed by atoms with van der Waals surface area (Å²) in [6, 6.07) is 9.15. The third-order valence-corrected chi connectivity index (χ3v) is 6.02. The van der Waals surface area contributed by atoms with Gasteiger partial charge in [-0.2, -0.15) is 0 Å². The van der Waals surface area contributed by atoms with Crippen molar-refractivity contribution in [1.82, 2.24) is 5.32 Å². The molecular formula is C20H25ClN2. The molecule has 0 radical (unpaired) electrons. The zero-order valence-electron chi connectivity index (χ0n) is 13.6. The molecule has 2 unspecified atom stereocenters. The lowest BCUT2D eigenvalue weighted by atomic mass is 9.79. The van der Waals surface area contributed by atoms with E-state index in [1.54, 1.807) is 0 Å². The van der Waals surface area contributed by atoms with E-state index in [0.717, 1.165) is 30.2 Å². The Morgan fingerprint density at radius 1 is 1.04 bits per heavy atom. The topological polar surface area (TPSA) is 24.4 Å². The van der Waals surface area contributed by atoms with Crippen molar-refractivity contribution in [3.8, 4) is 0 Å². The Hall–Kier alpha value is -1.28. The van der Waals surface area contributed by atoms with E-state index in [4.69, 9.17) is 16.6 Å².